The van der Waals surface area contributed by atoms with Crippen molar-refractivity contribution in [3.8, 4) is 0 Å². The first-order chi connectivity index (χ1) is 17.8. The van der Waals surface area contributed by atoms with Crippen LogP contribution < -0.4 is 22.2 Å². The van der Waals surface area contributed by atoms with Gasteiger partial charge in [0.1, 0.15) is 0 Å². The van der Waals surface area contributed by atoms with Crippen LogP contribution in [-0.2, 0) is 22.6 Å². The minimum atomic E-state index is -0.673. The van der Waals surface area contributed by atoms with Gasteiger partial charge in [-0.25, -0.2) is 0 Å². The van der Waals surface area contributed by atoms with Crippen molar-refractivity contribution in [3.63, 3.8) is 0 Å². The predicted octanol–water partition coefficient (Wildman–Crippen LogP) is 2.15. The molecule has 0 amide bonds. The summed E-state index contributed by atoms with van der Waals surface area (Å²) in [5.74, 6) is -0.634. The van der Waals surface area contributed by atoms with E-state index in [1.807, 2.05) is 0 Å². The third-order valence-corrected chi connectivity index (χ3v) is 7.60. The zero-order chi connectivity index (χ0) is 25.8. The summed E-state index contributed by atoms with van der Waals surface area (Å²) >= 11 is 5.99. The maximum Gasteiger partial charge on any atom is 0.262 e. The number of carbonyl (C=O) groups is 1. The number of fused-ring (bicyclic) bond motifs is 2. The van der Waals surface area contributed by atoms with E-state index in [4.69, 9.17) is 21.1 Å². The number of nitrogens with zero attached hydrogens (tertiary/aromatic N) is 2. The summed E-state index contributed by atoms with van der Waals surface area (Å²) < 4.78 is 13.3. The van der Waals surface area contributed by atoms with Gasteiger partial charge in [0.15, 0.2) is 5.78 Å². The molecule has 2 atom stereocenters. The highest BCUT2D eigenvalue weighted by atomic mass is 35.5. The number of aromatic nitrogens is 2. The summed E-state index contributed by atoms with van der Waals surface area (Å²) in [5, 5.41) is -0.00923. The van der Waals surface area contributed by atoms with E-state index in [9.17, 15) is 24.0 Å². The zero-order valence-corrected chi connectivity index (χ0v) is 20.6. The fraction of sp³-hybridized carbons (Fsp3) is 0.370. The smallest absolute Gasteiger partial charge is 0.262 e. The lowest BCUT2D eigenvalue weighted by molar-refractivity contribution is 0.0957. The summed E-state index contributed by atoms with van der Waals surface area (Å²) in [4.78, 5) is 67.8. The standard InChI is InChI=1S/C27H23ClN2O7/c28-15-7-5-14(6-8-15)23(31)22-20-18(24(32)29(26(20)34)12-16-3-1-9-36-16)11-19-21(22)27(35)30(25(19)33)13-17-4-2-10-37-17/h5-8,11,16-17H,1-4,9-10,12-13H2. The van der Waals surface area contributed by atoms with Gasteiger partial charge in [0.2, 0.25) is 0 Å². The molecule has 0 aliphatic carbocycles. The zero-order valence-electron chi connectivity index (χ0n) is 19.8. The number of rotatable bonds is 6. The normalized spacial score (nSPS) is 19.9. The number of carbonyl (C=O) groups excluding carboxylic acids is 1. The Labute approximate surface area is 214 Å². The molecule has 10 heteroatoms. The Hall–Kier alpha value is -3.40. The average Bonchev–Trinajstić information content (AvgIpc) is 3.68. The predicted molar refractivity (Wildman–Crippen MR) is 138 cm³/mol. The van der Waals surface area contributed by atoms with Gasteiger partial charge in [-0.15, -0.1) is 0 Å². The lowest BCUT2D eigenvalue weighted by atomic mass is 9.95. The molecule has 9 nitrogen and oxygen atoms in total. The Morgan fingerprint density at radius 2 is 1.27 bits per heavy atom. The van der Waals surface area contributed by atoms with Gasteiger partial charge in [0.05, 0.1) is 46.8 Å². The SMILES string of the molecule is O=C(c1ccc(Cl)cc1)c1c2c(=O)n(CC3CCCO3)c(=O)c2cc2c(=O)n(CC3CCCO3)c(=O)c12. The van der Waals surface area contributed by atoms with E-state index in [0.717, 1.165) is 22.0 Å². The molecular formula is C27H23ClN2O7. The average molecular weight is 523 g/mol. The fourth-order valence-corrected chi connectivity index (χ4v) is 5.62. The molecule has 0 bridgehead atoms. The van der Waals surface area contributed by atoms with Crippen LogP contribution in [0.1, 0.15) is 41.6 Å². The first-order valence-corrected chi connectivity index (χ1v) is 12.7. The van der Waals surface area contributed by atoms with Crippen molar-refractivity contribution < 1.29 is 14.3 Å². The van der Waals surface area contributed by atoms with Crippen molar-refractivity contribution in [2.75, 3.05) is 13.2 Å². The Morgan fingerprint density at radius 1 is 0.784 bits per heavy atom. The summed E-state index contributed by atoms with van der Waals surface area (Å²) in [6.45, 7) is 1.18. The lowest BCUT2D eigenvalue weighted by Gasteiger charge is -2.08. The monoisotopic (exact) mass is 522 g/mol. The molecule has 0 saturated carbocycles. The van der Waals surface area contributed by atoms with Crippen molar-refractivity contribution in [1.29, 1.82) is 0 Å². The van der Waals surface area contributed by atoms with Crippen LogP contribution in [0.2, 0.25) is 5.02 Å². The van der Waals surface area contributed by atoms with Crippen LogP contribution in [0.25, 0.3) is 21.5 Å². The summed E-state index contributed by atoms with van der Waals surface area (Å²) in [6, 6.07) is 7.28. The molecule has 190 valence electrons. The molecule has 2 saturated heterocycles. The van der Waals surface area contributed by atoms with Crippen LogP contribution in [0, 0.1) is 0 Å². The third kappa shape index (κ3) is 3.89. The summed E-state index contributed by atoms with van der Waals surface area (Å²) in [7, 11) is 0. The summed E-state index contributed by atoms with van der Waals surface area (Å²) in [6.07, 6.45) is 2.47. The van der Waals surface area contributed by atoms with E-state index in [1.165, 1.54) is 30.3 Å². The van der Waals surface area contributed by atoms with Gasteiger partial charge in [0, 0.05) is 29.4 Å². The maximum atomic E-state index is 13.8. The number of ketones is 1. The topological polar surface area (TPSA) is 114 Å². The molecule has 4 heterocycles. The van der Waals surface area contributed by atoms with Crippen LogP contribution in [-0.4, -0.2) is 40.3 Å². The van der Waals surface area contributed by atoms with Gasteiger partial charge in [-0.1, -0.05) is 11.6 Å². The van der Waals surface area contributed by atoms with Gasteiger partial charge >= 0.3 is 0 Å². The largest absolute Gasteiger partial charge is 0.376 e. The molecule has 2 aliphatic rings. The van der Waals surface area contributed by atoms with Gasteiger partial charge in [-0.05, 0) is 56.0 Å². The second-order valence-electron chi connectivity index (χ2n) is 9.64. The molecule has 2 fully saturated rings. The molecule has 0 N–H and O–H groups in total. The number of halogens is 1. The number of hydrogen-bond donors (Lipinski definition) is 0. The van der Waals surface area contributed by atoms with Gasteiger partial charge in [0.25, 0.3) is 22.2 Å². The Kier molecular flexibility index (Phi) is 5.94. The van der Waals surface area contributed by atoms with Crippen molar-refractivity contribution >= 4 is 38.9 Å². The van der Waals surface area contributed by atoms with Gasteiger partial charge in [-0.3, -0.25) is 33.1 Å². The molecule has 2 unspecified atom stereocenters. The molecule has 4 aromatic rings. The van der Waals surface area contributed by atoms with E-state index < -0.39 is 28.0 Å². The summed E-state index contributed by atoms with van der Waals surface area (Å²) in [5.41, 5.74) is -2.61. The van der Waals surface area contributed by atoms with E-state index >= 15 is 0 Å². The van der Waals surface area contributed by atoms with Crippen LogP contribution >= 0.6 is 11.6 Å². The first-order valence-electron chi connectivity index (χ1n) is 12.3. The van der Waals surface area contributed by atoms with Gasteiger partial charge < -0.3 is 9.47 Å². The first kappa shape index (κ1) is 24.0. The van der Waals surface area contributed by atoms with E-state index in [0.29, 0.717) is 31.1 Å². The number of hydrogen-bond acceptors (Lipinski definition) is 7. The van der Waals surface area contributed by atoms with Crippen LogP contribution in [0.15, 0.2) is 49.5 Å². The highest BCUT2D eigenvalue weighted by Gasteiger charge is 2.30. The molecule has 2 aromatic heterocycles. The molecule has 2 aliphatic heterocycles. The van der Waals surface area contributed by atoms with E-state index in [-0.39, 0.29) is 58.0 Å². The van der Waals surface area contributed by atoms with Crippen molar-refractivity contribution in [2.45, 2.75) is 51.0 Å². The van der Waals surface area contributed by atoms with Crippen LogP contribution in [0.3, 0.4) is 0 Å². The Morgan fingerprint density at radius 3 is 1.70 bits per heavy atom. The van der Waals surface area contributed by atoms with Gasteiger partial charge in [-0.2, -0.15) is 0 Å². The minimum absolute atomic E-state index is 0.0403. The van der Waals surface area contributed by atoms with Crippen LogP contribution in [0.5, 0.6) is 0 Å². The highest BCUT2D eigenvalue weighted by molar-refractivity contribution is 6.31. The maximum absolute atomic E-state index is 13.8. The minimum Gasteiger partial charge on any atom is -0.376 e. The second kappa shape index (κ2) is 9.16. The molecule has 37 heavy (non-hydrogen) atoms. The second-order valence-corrected chi connectivity index (χ2v) is 10.1. The number of benzene rings is 2. The van der Waals surface area contributed by atoms with Crippen LogP contribution in [0.4, 0.5) is 0 Å². The molecule has 0 radical (unpaired) electrons. The molecule has 2 aromatic carbocycles. The van der Waals surface area contributed by atoms with E-state index in [2.05, 4.69) is 0 Å². The molecule has 6 rings (SSSR count). The van der Waals surface area contributed by atoms with Crippen molar-refractivity contribution in [2.24, 2.45) is 0 Å². The quantitative estimate of drug-likeness (QED) is 0.356. The number of ether oxygens (including phenoxy) is 2. The fourth-order valence-electron chi connectivity index (χ4n) is 5.50. The van der Waals surface area contributed by atoms with Crippen molar-refractivity contribution in [1.82, 2.24) is 9.13 Å². The Bertz CT molecular complexity index is 1650. The molecular weight excluding hydrogens is 500 g/mol. The Balaban J connectivity index is 1.64. The van der Waals surface area contributed by atoms with Crippen molar-refractivity contribution in [3.05, 3.63) is 87.9 Å². The highest BCUT2D eigenvalue weighted by Crippen LogP contribution is 2.26. The van der Waals surface area contributed by atoms with E-state index in [1.54, 1.807) is 0 Å². The lowest BCUT2D eigenvalue weighted by Crippen LogP contribution is -2.31. The third-order valence-electron chi connectivity index (χ3n) is 7.35. The molecule has 0 spiro atoms.